The summed E-state index contributed by atoms with van der Waals surface area (Å²) < 4.78 is 2.36. The Bertz CT molecular complexity index is 4900. The second-order valence-corrected chi connectivity index (χ2v) is 17.2. The maximum atomic E-state index is 6.51. The molecule has 84 heteroatoms. The van der Waals surface area contributed by atoms with Crippen molar-refractivity contribution in [3.05, 3.63) is 66.2 Å². The van der Waals surface area contributed by atoms with Crippen LogP contribution in [-0.2, 0) is 13.0 Å². The number of para-hydroxylation sites is 1. The van der Waals surface area contributed by atoms with E-state index in [0.717, 1.165) is 72.1 Å². The molecule has 0 fully saturated rings. The van der Waals surface area contributed by atoms with Crippen LogP contribution in [0, 0.1) is 12.5 Å². The molecule has 2 aromatic carbocycles. The third kappa shape index (κ3) is 38.8. The lowest BCUT2D eigenvalue weighted by atomic mass is 10.0. The second-order valence-electron chi connectivity index (χ2n) is 17.2. The molecule has 0 radical (unpaired) electrons. The number of hydrogen-bond donors (Lipinski definition) is 5. The number of imidazole rings is 1. The Morgan fingerprint density at radius 2 is 0.781 bits per heavy atom. The smallest absolute Gasteiger partial charge is 0.227 e. The van der Waals surface area contributed by atoms with E-state index in [1.54, 1.807) is 6.20 Å². The molecule has 0 saturated carbocycles. The Hall–Kier alpha value is -19.4. The van der Waals surface area contributed by atoms with Crippen molar-refractivity contribution in [1.29, 1.82) is 5.53 Å². The minimum atomic E-state index is 0.517. The van der Waals surface area contributed by atoms with E-state index >= 15 is 0 Å². The van der Waals surface area contributed by atoms with E-state index in [1.807, 2.05) is 18.5 Å². The molecule has 0 saturated heterocycles. The van der Waals surface area contributed by atoms with Crippen molar-refractivity contribution < 1.29 is 0 Å². The number of nitrogens with one attached hydrogen (secondary N) is 3. The van der Waals surface area contributed by atoms with Crippen molar-refractivity contribution >= 4 is 33.9 Å². The van der Waals surface area contributed by atoms with Crippen molar-refractivity contribution in [2.45, 2.75) is 26.3 Å². The fourth-order valence-electron chi connectivity index (χ4n) is 6.72. The van der Waals surface area contributed by atoms with Crippen LogP contribution in [0.3, 0.4) is 0 Å². The normalized spacial score (nSPS) is 14.6. The van der Waals surface area contributed by atoms with E-state index in [4.69, 9.17) is 16.2 Å². The van der Waals surface area contributed by atoms with Gasteiger partial charge in [0.25, 0.3) is 0 Å². The monoisotopic (exact) mass is 1570 g/mol. The van der Waals surface area contributed by atoms with Gasteiger partial charge in [0.1, 0.15) is 5.82 Å². The fraction of sp³-hybridized carbons (Fsp3) is 0.300. The molecule has 0 spiro atoms. The quantitative estimate of drug-likeness (QED) is 0.0108. The molecule has 84 nitrogen and oxygen atoms in total. The minimum absolute atomic E-state index is 0.517. The number of hydrogen-bond acceptors (Lipinski definition) is 9. The Morgan fingerprint density at radius 3 is 1.10 bits per heavy atom. The van der Waals surface area contributed by atoms with Crippen LogP contribution in [0.4, 0.5) is 23.0 Å². The first-order valence-corrected chi connectivity index (χ1v) is 28.3. The van der Waals surface area contributed by atoms with Crippen LogP contribution in [0.15, 0.2) is 436 Å². The van der Waals surface area contributed by atoms with Gasteiger partial charge >= 0.3 is 0 Å². The Balaban J connectivity index is 0.000000489. The molecule has 0 aliphatic carbocycles. The fourth-order valence-corrected chi connectivity index (χ4v) is 6.72. The van der Waals surface area contributed by atoms with E-state index in [-0.39, 0.29) is 0 Å². The summed E-state index contributed by atoms with van der Waals surface area (Å²) in [5.41, 5.74) is 21.9. The van der Waals surface area contributed by atoms with Gasteiger partial charge in [0.15, 0.2) is 0 Å². The highest BCUT2D eigenvalue weighted by atomic mass is 15.8. The number of benzene rings is 2. The van der Waals surface area contributed by atoms with Gasteiger partial charge in [0.05, 0.1) is 28.1 Å². The van der Waals surface area contributed by atoms with Crippen LogP contribution >= 0.6 is 0 Å². The standard InChI is InChI=1S/C30H35N9.H3N75/c1-19-15-26(38(4)14-13-37(2)3)24(31)16-25(19)35-30-34-17-22(29-32-10-11-33-29)27(36-30)23-18-39-12-6-8-20-7-5-9-21(23)28(20)39;1-3-5-7-9-11-13-15-17-19-21-23-25-27-29-31-33-35-37-39-41-43-45-47-49-51-53-55-57-59-61-63-65-67-69-71-73-75-74-72-70-68-66-64-62-60-58-56-54-52-50-48-46-44-42-40-38-36-34-32-30-28-26-24-22-20-18-16-14-12-10-8-6-4-2/h5,7,9-11,15-18H,6,8,12-14,31H2,1-4H3,(H,32,33)(H,34,35,36);(H3,1,2,5,6,9,10,13,14,17,18,21,22,25,26,29,30,33,34,37,38,41,42,45,46,49,50,53,54,57,58,61,62,65,66,69,70,73,74). The number of nitrogens with two attached hydrogens (primary N) is 2. The van der Waals surface area contributed by atoms with Crippen LogP contribution in [0.5, 0.6) is 0 Å². The summed E-state index contributed by atoms with van der Waals surface area (Å²) in [5.74, 6) is 5.89. The zero-order valence-corrected chi connectivity index (χ0v) is 56.7. The Kier molecular flexibility index (Phi) is 43.4. The van der Waals surface area contributed by atoms with Crippen LogP contribution < -0.4 is 21.8 Å². The number of nitrogens with zero attached hydrogens (tertiary/aromatic N) is 79. The molecule has 578 valence electrons. The van der Waals surface area contributed by atoms with Crippen LogP contribution in [0.1, 0.15) is 17.5 Å². The van der Waals surface area contributed by atoms with Gasteiger partial charge in [-0.15, -0.1) is 0 Å². The highest BCUT2D eigenvalue weighted by Crippen LogP contribution is 2.39. The Morgan fingerprint density at radius 1 is 0.439 bits per heavy atom. The highest BCUT2D eigenvalue weighted by Gasteiger charge is 2.22. The SMILES string of the molecule is Cc1cc(N(C)CCN(C)C)c(N)cc1Nc1ncc(-c2ncc[nH]2)c(-c2cn3c4c(cccc24)CCC3)n1.N=N/N=N/N=N/N=N/N=N/N=N/N=N/N=N/N=N/N=N/N=N/N=N/N=N/N=N/N=N/N=N/N=N/N=N/N=N/N=N/N=N/N=N/N=N/N=N/N=N/N=N/N=N/N=N/N=N/N=N/N=N/N=N/N=N/N=N/N=N/N=N/N=N/N. The summed E-state index contributed by atoms with van der Waals surface area (Å²) in [7, 11) is 6.22. The van der Waals surface area contributed by atoms with Crippen molar-refractivity contribution in [2.24, 2.45) is 387 Å². The molecule has 3 aromatic heterocycles. The molecule has 7 N–H and O–H groups in total. The topological polar surface area (TPSA) is 1060 Å². The molecule has 1 aliphatic heterocycles. The van der Waals surface area contributed by atoms with Gasteiger partial charge < -0.3 is 36.2 Å². The van der Waals surface area contributed by atoms with E-state index in [0.29, 0.717) is 11.6 Å². The lowest BCUT2D eigenvalue weighted by Gasteiger charge is -2.24. The lowest BCUT2D eigenvalue weighted by molar-refractivity contribution is 0.416. The maximum Gasteiger partial charge on any atom is 0.227 e. The first-order chi connectivity index (χ1) is 56.3. The predicted octanol–water partition coefficient (Wildman–Crippen LogP) is 18.2. The van der Waals surface area contributed by atoms with Gasteiger partial charge in [0, 0.05) is 366 Å². The number of aromatic nitrogens is 5. The van der Waals surface area contributed by atoms with Gasteiger partial charge in [-0.2, -0.15) is 5.53 Å². The predicted molar refractivity (Wildman–Crippen MR) is 344 cm³/mol. The maximum absolute atomic E-state index is 6.51. The van der Waals surface area contributed by atoms with E-state index in [9.17, 15) is 0 Å². The average molecular weight is 1580 g/mol. The molecule has 0 amide bonds. The number of aryl methyl sites for hydroxylation is 3. The first-order valence-electron chi connectivity index (χ1n) is 28.3. The Labute approximate surface area is 620 Å². The van der Waals surface area contributed by atoms with Crippen LogP contribution in [-0.4, -0.2) is 63.6 Å². The van der Waals surface area contributed by atoms with Crippen molar-refractivity contribution in [1.82, 2.24) is 29.4 Å². The van der Waals surface area contributed by atoms with Crippen molar-refractivity contribution in [3.63, 3.8) is 0 Å². The van der Waals surface area contributed by atoms with Gasteiger partial charge in [-0.25, -0.2) is 15.0 Å². The van der Waals surface area contributed by atoms with Crippen molar-refractivity contribution in [3.8, 4) is 22.6 Å². The molecular formula is C30H38N84. The van der Waals surface area contributed by atoms with Gasteiger partial charge in [-0.3, -0.25) is 0 Å². The number of aromatic amines is 1. The number of likely N-dealkylation sites (N-methyl/N-ethyl adjacent to an activating group) is 2. The first kappa shape index (κ1) is 85.3. The molecule has 5 aromatic rings. The van der Waals surface area contributed by atoms with Gasteiger partial charge in [-0.1, -0.05) is 23.4 Å². The summed E-state index contributed by atoms with van der Waals surface area (Å²) in [5, 5.41) is 222. The minimum Gasteiger partial charge on any atom is -0.397 e. The van der Waals surface area contributed by atoms with Gasteiger partial charge in [0.2, 0.25) is 5.95 Å². The molecule has 0 atom stereocenters. The average Bonchev–Trinajstić information content (AvgIpc) is 1.59. The molecule has 114 heavy (non-hydrogen) atoms. The summed E-state index contributed by atoms with van der Waals surface area (Å²) in [6, 6.07) is 10.7. The summed E-state index contributed by atoms with van der Waals surface area (Å²) in [6.07, 6.45) is 9.90. The summed E-state index contributed by atoms with van der Waals surface area (Å²) in [6.45, 7) is 4.92. The molecule has 0 unspecified atom stereocenters. The van der Waals surface area contributed by atoms with Gasteiger partial charge in [-0.05, 0) is 135 Å². The molecule has 6 rings (SSSR count). The largest absolute Gasteiger partial charge is 0.397 e. The number of H-pyrrole nitrogens is 1. The third-order valence-corrected chi connectivity index (χ3v) is 10.4. The number of nitrogen functional groups attached to an aromatic ring is 1. The molecule has 0 bridgehead atoms. The zero-order valence-electron chi connectivity index (χ0n) is 56.7. The summed E-state index contributed by atoms with van der Waals surface area (Å²) >= 11 is 0. The van der Waals surface area contributed by atoms with Crippen molar-refractivity contribution in [2.75, 3.05) is 50.2 Å². The number of anilines is 4. The van der Waals surface area contributed by atoms with E-state index in [1.165, 1.54) is 16.5 Å². The van der Waals surface area contributed by atoms with E-state index < -0.39 is 0 Å². The lowest BCUT2D eigenvalue weighted by Crippen LogP contribution is -2.29. The molecule has 1 aliphatic rings. The highest BCUT2D eigenvalue weighted by molar-refractivity contribution is 6.00. The summed E-state index contributed by atoms with van der Waals surface area (Å²) in [4.78, 5) is 21.9. The molecular weight excluding hydrogens is 1540 g/mol. The third-order valence-electron chi connectivity index (χ3n) is 10.4. The van der Waals surface area contributed by atoms with Crippen LogP contribution in [0.25, 0.3) is 33.5 Å². The second kappa shape index (κ2) is 58.1. The molecule has 4 heterocycles. The zero-order chi connectivity index (χ0) is 80.7. The number of rotatable bonds is 44. The van der Waals surface area contributed by atoms with E-state index in [2.05, 4.69) is 480 Å². The van der Waals surface area contributed by atoms with Crippen LogP contribution in [0.2, 0.25) is 0 Å².